The fraction of sp³-hybridized carbons (Fsp3) is 0.350. The van der Waals surface area contributed by atoms with Gasteiger partial charge in [0.05, 0.1) is 36.9 Å². The van der Waals surface area contributed by atoms with Crippen LogP contribution in [0.1, 0.15) is 17.1 Å². The first kappa shape index (κ1) is 27.0. The fourth-order valence-electron chi connectivity index (χ4n) is 2.98. The third kappa shape index (κ3) is 5.44. The van der Waals surface area contributed by atoms with E-state index in [1.54, 1.807) is 30.1 Å². The number of hydrogen-bond acceptors (Lipinski definition) is 6. The summed E-state index contributed by atoms with van der Waals surface area (Å²) in [6, 6.07) is 5.58. The number of nitrogens with two attached hydrogens (primary N) is 2. The van der Waals surface area contributed by atoms with E-state index in [1.165, 1.54) is 26.2 Å². The maximum atomic E-state index is 13.9. The van der Waals surface area contributed by atoms with Gasteiger partial charge in [-0.25, -0.2) is 15.0 Å². The Bertz CT molecular complexity index is 1130. The Morgan fingerprint density at radius 3 is 2.12 bits per heavy atom. The molecule has 2 aromatic heterocycles. The maximum Gasteiger partial charge on any atom is 0.459 e. The van der Waals surface area contributed by atoms with Crippen molar-refractivity contribution in [1.82, 2.24) is 19.5 Å². The van der Waals surface area contributed by atoms with Gasteiger partial charge < -0.3 is 9.30 Å². The lowest BCUT2D eigenvalue weighted by Gasteiger charge is -2.28. The minimum Gasteiger partial charge on any atom is -0.495 e. The molecule has 3 rings (SSSR count). The second-order valence-electron chi connectivity index (χ2n) is 7.09. The number of halogens is 7. The molecule has 14 heteroatoms. The lowest BCUT2D eigenvalue weighted by Crippen LogP contribution is -2.53. The second kappa shape index (κ2) is 9.93. The molecule has 0 unspecified atom stereocenters. The normalized spacial score (nSPS) is 12.2. The van der Waals surface area contributed by atoms with E-state index in [1.807, 2.05) is 0 Å². The minimum atomic E-state index is -6.41. The molecular formula is C20H21F7N6O. The van der Waals surface area contributed by atoms with Crippen molar-refractivity contribution in [3.05, 3.63) is 53.9 Å². The highest BCUT2D eigenvalue weighted by Gasteiger charge is 2.72. The molecule has 34 heavy (non-hydrogen) atoms. The molecule has 0 amide bonds. The molecular weight excluding hydrogens is 473 g/mol. The minimum absolute atomic E-state index is 0.115. The zero-order valence-electron chi connectivity index (χ0n) is 18.2. The van der Waals surface area contributed by atoms with Crippen LogP contribution in [0.5, 0.6) is 5.75 Å². The number of ether oxygens (including phenoxy) is 1. The molecule has 3 aromatic rings. The van der Waals surface area contributed by atoms with Gasteiger partial charge in [0.2, 0.25) is 0 Å². The van der Waals surface area contributed by atoms with Gasteiger partial charge in [-0.15, -0.1) is 0 Å². The van der Waals surface area contributed by atoms with Crippen LogP contribution in [0.4, 0.5) is 30.7 Å². The van der Waals surface area contributed by atoms with Crippen LogP contribution >= 0.6 is 0 Å². The third-order valence-electron chi connectivity index (χ3n) is 4.55. The van der Waals surface area contributed by atoms with Gasteiger partial charge in [0, 0.05) is 17.5 Å². The highest BCUT2D eigenvalue weighted by Crippen LogP contribution is 2.47. The summed E-state index contributed by atoms with van der Waals surface area (Å²) in [5.41, 5.74) is 1.10. The number of rotatable bonds is 6. The zero-order valence-corrected chi connectivity index (χ0v) is 18.2. The van der Waals surface area contributed by atoms with Gasteiger partial charge >= 0.3 is 18.0 Å². The number of nitrogens with zero attached hydrogens (tertiary/aromatic N) is 4. The van der Waals surface area contributed by atoms with Gasteiger partial charge in [-0.3, -0.25) is 11.7 Å². The SMILES string of the molecule is COc1cc(-c2nc(C)cc(CC(F)(F)C(F)(F)C(F)(F)F)n2)ccc1-n1cnc(C)c1.NN. The van der Waals surface area contributed by atoms with Crippen molar-refractivity contribution in [1.29, 1.82) is 0 Å². The molecule has 2 heterocycles. The summed E-state index contributed by atoms with van der Waals surface area (Å²) in [6.07, 6.45) is -5.03. The van der Waals surface area contributed by atoms with Gasteiger partial charge in [-0.05, 0) is 38.1 Å². The standard InChI is InChI=1S/C20H17F7N4O.H4N2/c1-11-6-14(8-18(21,22)19(23,24)20(25,26)27)30-17(29-11)13-4-5-15(16(7-13)32-3)31-9-12(2)28-10-31;1-2/h4-7,9-10H,8H2,1-3H3;1-2H2. The number of methoxy groups -OCH3 is 1. The first-order valence-corrected chi connectivity index (χ1v) is 9.45. The molecule has 7 nitrogen and oxygen atoms in total. The lowest BCUT2D eigenvalue weighted by molar-refractivity contribution is -0.354. The van der Waals surface area contributed by atoms with Crippen LogP contribution in [-0.4, -0.2) is 44.7 Å². The van der Waals surface area contributed by atoms with Crippen molar-refractivity contribution >= 4 is 0 Å². The Balaban J connectivity index is 0.00000199. The van der Waals surface area contributed by atoms with Crippen molar-refractivity contribution in [2.45, 2.75) is 38.3 Å². The average Bonchev–Trinajstić information content (AvgIpc) is 3.19. The summed E-state index contributed by atoms with van der Waals surface area (Å²) in [7, 11) is 1.40. The topological polar surface area (TPSA) is 105 Å². The Kier molecular flexibility index (Phi) is 7.88. The number of imidazole rings is 1. The Hall–Kier alpha value is -3.26. The summed E-state index contributed by atoms with van der Waals surface area (Å²) in [6.45, 7) is 3.17. The molecule has 186 valence electrons. The molecule has 0 radical (unpaired) electrons. The van der Waals surface area contributed by atoms with E-state index in [9.17, 15) is 30.7 Å². The van der Waals surface area contributed by atoms with E-state index in [0.717, 1.165) is 11.8 Å². The quantitative estimate of drug-likeness (QED) is 0.303. The Labute approximate surface area is 189 Å². The lowest BCUT2D eigenvalue weighted by atomic mass is 10.0. The Morgan fingerprint density at radius 1 is 0.941 bits per heavy atom. The monoisotopic (exact) mass is 494 g/mol. The molecule has 0 aliphatic carbocycles. The number of aromatic nitrogens is 4. The Morgan fingerprint density at radius 2 is 1.59 bits per heavy atom. The van der Waals surface area contributed by atoms with Crippen LogP contribution in [0.25, 0.3) is 17.1 Å². The van der Waals surface area contributed by atoms with E-state index in [2.05, 4.69) is 26.6 Å². The van der Waals surface area contributed by atoms with Crippen molar-refractivity contribution in [2.24, 2.45) is 11.7 Å². The van der Waals surface area contributed by atoms with E-state index < -0.39 is 30.1 Å². The number of aryl methyl sites for hydroxylation is 2. The van der Waals surface area contributed by atoms with E-state index in [4.69, 9.17) is 4.74 Å². The van der Waals surface area contributed by atoms with Crippen LogP contribution < -0.4 is 16.4 Å². The van der Waals surface area contributed by atoms with Crippen LogP contribution in [0, 0.1) is 13.8 Å². The molecule has 0 bridgehead atoms. The number of hydrogen-bond donors (Lipinski definition) is 2. The summed E-state index contributed by atoms with van der Waals surface area (Å²) in [5.74, 6) is -3.39. The number of hydrazine groups is 1. The summed E-state index contributed by atoms with van der Waals surface area (Å²) < 4.78 is 98.6. The highest BCUT2D eigenvalue weighted by molar-refractivity contribution is 5.63. The van der Waals surface area contributed by atoms with Gasteiger partial charge in [0.1, 0.15) is 5.75 Å². The van der Waals surface area contributed by atoms with Crippen LogP contribution in [0.2, 0.25) is 0 Å². The van der Waals surface area contributed by atoms with E-state index in [0.29, 0.717) is 17.0 Å². The molecule has 0 saturated heterocycles. The molecule has 0 aliphatic heterocycles. The van der Waals surface area contributed by atoms with Gasteiger partial charge in [-0.1, -0.05) is 0 Å². The van der Waals surface area contributed by atoms with Crippen LogP contribution in [0.15, 0.2) is 36.8 Å². The summed E-state index contributed by atoms with van der Waals surface area (Å²) >= 11 is 0. The predicted molar refractivity (Wildman–Crippen MR) is 109 cm³/mol. The van der Waals surface area contributed by atoms with Crippen LogP contribution in [0.3, 0.4) is 0 Å². The molecule has 0 fully saturated rings. The van der Waals surface area contributed by atoms with Gasteiger partial charge in [-0.2, -0.15) is 30.7 Å². The largest absolute Gasteiger partial charge is 0.495 e. The smallest absolute Gasteiger partial charge is 0.459 e. The third-order valence-corrected chi connectivity index (χ3v) is 4.55. The zero-order chi connectivity index (χ0) is 25.9. The van der Waals surface area contributed by atoms with Gasteiger partial charge in [0.25, 0.3) is 0 Å². The van der Waals surface area contributed by atoms with Crippen molar-refractivity contribution < 1.29 is 35.5 Å². The van der Waals surface area contributed by atoms with Crippen molar-refractivity contribution in [3.63, 3.8) is 0 Å². The van der Waals surface area contributed by atoms with Crippen molar-refractivity contribution in [2.75, 3.05) is 7.11 Å². The highest BCUT2D eigenvalue weighted by atomic mass is 19.4. The number of alkyl halides is 7. The van der Waals surface area contributed by atoms with Gasteiger partial charge in [0.15, 0.2) is 5.82 Å². The molecule has 0 aliphatic rings. The van der Waals surface area contributed by atoms with Crippen LogP contribution in [-0.2, 0) is 6.42 Å². The first-order valence-electron chi connectivity index (χ1n) is 9.45. The predicted octanol–water partition coefficient (Wildman–Crippen LogP) is 4.15. The van der Waals surface area contributed by atoms with E-state index >= 15 is 0 Å². The molecule has 0 atom stereocenters. The van der Waals surface area contributed by atoms with Crippen molar-refractivity contribution in [3.8, 4) is 22.8 Å². The fourth-order valence-corrected chi connectivity index (χ4v) is 2.98. The maximum absolute atomic E-state index is 13.9. The molecule has 0 spiro atoms. The second-order valence-corrected chi connectivity index (χ2v) is 7.09. The molecule has 0 saturated carbocycles. The molecule has 1 aromatic carbocycles. The summed E-state index contributed by atoms with van der Waals surface area (Å²) in [4.78, 5) is 12.0. The average molecular weight is 494 g/mol. The number of benzene rings is 1. The first-order chi connectivity index (χ1) is 15.7. The molecule has 4 N–H and O–H groups in total. The van der Waals surface area contributed by atoms with E-state index in [-0.39, 0.29) is 11.5 Å². The summed E-state index contributed by atoms with van der Waals surface area (Å²) in [5, 5.41) is 0.